The average molecular weight is 598 g/mol. The smallest absolute Gasteiger partial charge is 0.255 e. The molecule has 41 heavy (non-hydrogen) atoms. The summed E-state index contributed by atoms with van der Waals surface area (Å²) in [6.45, 7) is 14.1. The number of anilines is 2. The molecule has 0 bridgehead atoms. The number of aryl methyl sites for hydroxylation is 2. The van der Waals surface area contributed by atoms with Gasteiger partial charge in [-0.25, -0.2) is 4.31 Å². The van der Waals surface area contributed by atoms with Gasteiger partial charge < -0.3 is 10.6 Å². The molecule has 1 aliphatic rings. The zero-order valence-electron chi connectivity index (χ0n) is 25.6. The number of nitrogens with one attached hydrogen (secondary N) is 2. The van der Waals surface area contributed by atoms with Crippen LogP contribution in [0, 0.1) is 26.7 Å². The van der Waals surface area contributed by atoms with Gasteiger partial charge in [0.05, 0.1) is 0 Å². The SMILES string of the molecule is C#C.C/C=C(C(=O)Nc1ccc(C)c(NC=O)c1)\C(C)=C/CN1CCCCCS1.CCCC.Cc1cccc(Cl)c1. The first kappa shape index (κ1) is 38.0. The number of unbranched alkanes of at least 4 members (excludes halogenated alkanes) is 1. The highest BCUT2D eigenvalue weighted by Gasteiger charge is 2.13. The first-order chi connectivity index (χ1) is 19.7. The maximum absolute atomic E-state index is 12.7. The largest absolute Gasteiger partial charge is 0.328 e. The highest BCUT2D eigenvalue weighted by Crippen LogP contribution is 2.22. The molecule has 0 aliphatic carbocycles. The van der Waals surface area contributed by atoms with Gasteiger partial charge in [-0.3, -0.25) is 9.59 Å². The fourth-order valence-electron chi connectivity index (χ4n) is 3.58. The Hall–Kier alpha value is -2.98. The zero-order chi connectivity index (χ0) is 31.0. The molecule has 3 rings (SSSR count). The van der Waals surface area contributed by atoms with E-state index in [2.05, 4.69) is 47.7 Å². The molecule has 2 amide bonds. The Kier molecular flexibility index (Phi) is 22.0. The van der Waals surface area contributed by atoms with Crippen molar-refractivity contribution in [3.8, 4) is 12.8 Å². The lowest BCUT2D eigenvalue weighted by atomic mass is 10.1. The normalized spacial score (nSPS) is 13.5. The Labute approximate surface area is 258 Å². The summed E-state index contributed by atoms with van der Waals surface area (Å²) < 4.78 is 2.37. The lowest BCUT2D eigenvalue weighted by Crippen LogP contribution is -2.18. The van der Waals surface area contributed by atoms with Gasteiger partial charge in [0.15, 0.2) is 0 Å². The van der Waals surface area contributed by atoms with Crippen LogP contribution in [0.3, 0.4) is 0 Å². The number of halogens is 1. The van der Waals surface area contributed by atoms with Crippen molar-refractivity contribution in [2.75, 3.05) is 29.5 Å². The number of allylic oxidation sites excluding steroid dienone is 1. The van der Waals surface area contributed by atoms with Crippen LogP contribution >= 0.6 is 23.5 Å². The second-order valence-electron chi connectivity index (χ2n) is 9.42. The molecule has 2 N–H and O–H groups in total. The summed E-state index contributed by atoms with van der Waals surface area (Å²) in [5.74, 6) is 1.03. The van der Waals surface area contributed by atoms with Gasteiger partial charge >= 0.3 is 0 Å². The first-order valence-corrected chi connectivity index (χ1v) is 15.5. The van der Waals surface area contributed by atoms with E-state index < -0.39 is 0 Å². The maximum atomic E-state index is 12.7. The summed E-state index contributed by atoms with van der Waals surface area (Å²) in [7, 11) is 0. The van der Waals surface area contributed by atoms with E-state index in [1.54, 1.807) is 6.07 Å². The third kappa shape index (κ3) is 16.8. The van der Waals surface area contributed by atoms with Crippen molar-refractivity contribution in [2.45, 2.75) is 73.6 Å². The quantitative estimate of drug-likeness (QED) is 0.105. The van der Waals surface area contributed by atoms with Crippen LogP contribution in [-0.2, 0) is 9.59 Å². The van der Waals surface area contributed by atoms with Crippen molar-refractivity contribution in [3.63, 3.8) is 0 Å². The van der Waals surface area contributed by atoms with E-state index in [1.807, 2.05) is 82.1 Å². The van der Waals surface area contributed by atoms with Gasteiger partial charge in [0.25, 0.3) is 5.91 Å². The molecule has 1 heterocycles. The molecule has 1 fully saturated rings. The highest BCUT2D eigenvalue weighted by atomic mass is 35.5. The predicted octanol–water partition coefficient (Wildman–Crippen LogP) is 9.23. The van der Waals surface area contributed by atoms with E-state index in [0.717, 1.165) is 29.2 Å². The summed E-state index contributed by atoms with van der Waals surface area (Å²) in [6.07, 6.45) is 19.1. The van der Waals surface area contributed by atoms with Gasteiger partial charge in [0, 0.05) is 40.8 Å². The van der Waals surface area contributed by atoms with Gasteiger partial charge in [-0.1, -0.05) is 87.0 Å². The topological polar surface area (TPSA) is 61.4 Å². The second-order valence-corrected chi connectivity index (χ2v) is 11.0. The summed E-state index contributed by atoms with van der Waals surface area (Å²) in [4.78, 5) is 23.4. The Balaban J connectivity index is 0.000000940. The molecule has 0 spiro atoms. The van der Waals surface area contributed by atoms with Crippen LogP contribution in [-0.4, -0.2) is 35.5 Å². The third-order valence-corrected chi connectivity index (χ3v) is 7.48. The van der Waals surface area contributed by atoms with Gasteiger partial charge in [-0.05, 0) is 81.5 Å². The Morgan fingerprint density at radius 3 is 2.34 bits per heavy atom. The van der Waals surface area contributed by atoms with Crippen LogP contribution in [0.5, 0.6) is 0 Å². The number of terminal acetylenes is 1. The van der Waals surface area contributed by atoms with Crippen LogP contribution in [0.1, 0.15) is 70.9 Å². The Bertz CT molecular complexity index is 1100. The van der Waals surface area contributed by atoms with Crippen molar-refractivity contribution >= 4 is 47.2 Å². The van der Waals surface area contributed by atoms with Crippen molar-refractivity contribution < 1.29 is 9.59 Å². The van der Waals surface area contributed by atoms with Crippen LogP contribution < -0.4 is 10.6 Å². The monoisotopic (exact) mass is 597 g/mol. The van der Waals surface area contributed by atoms with Crippen LogP contribution in [0.15, 0.2) is 65.8 Å². The number of carbonyl (C=O) groups is 2. The second kappa shape index (κ2) is 23.7. The fourth-order valence-corrected chi connectivity index (χ4v) is 4.85. The summed E-state index contributed by atoms with van der Waals surface area (Å²) >= 11 is 7.54. The van der Waals surface area contributed by atoms with Crippen LogP contribution in [0.2, 0.25) is 5.02 Å². The number of hydrogen-bond donors (Lipinski definition) is 2. The number of rotatable bonds is 8. The lowest BCUT2D eigenvalue weighted by Gasteiger charge is -2.17. The molecule has 7 heteroatoms. The molecule has 1 saturated heterocycles. The molecular formula is C34H48ClN3O2S. The molecule has 1 aliphatic heterocycles. The average Bonchev–Trinajstić information content (AvgIpc) is 3.25. The van der Waals surface area contributed by atoms with E-state index in [1.165, 1.54) is 43.4 Å². The van der Waals surface area contributed by atoms with Crippen molar-refractivity contribution in [1.82, 2.24) is 4.31 Å². The number of hydrogen-bond acceptors (Lipinski definition) is 4. The summed E-state index contributed by atoms with van der Waals surface area (Å²) in [5.41, 5.74) is 5.13. The minimum Gasteiger partial charge on any atom is -0.328 e. The van der Waals surface area contributed by atoms with E-state index in [9.17, 15) is 9.59 Å². The molecule has 0 aromatic heterocycles. The van der Waals surface area contributed by atoms with Gasteiger partial charge in [0.2, 0.25) is 6.41 Å². The lowest BCUT2D eigenvalue weighted by molar-refractivity contribution is -0.112. The number of nitrogens with zero attached hydrogens (tertiary/aromatic N) is 1. The van der Waals surface area contributed by atoms with E-state index in [0.29, 0.717) is 23.4 Å². The number of benzene rings is 2. The molecule has 2 aromatic rings. The van der Waals surface area contributed by atoms with Crippen LogP contribution in [0.4, 0.5) is 11.4 Å². The van der Waals surface area contributed by atoms with Gasteiger partial charge in [-0.2, -0.15) is 0 Å². The maximum Gasteiger partial charge on any atom is 0.255 e. The molecule has 0 saturated carbocycles. The molecule has 0 radical (unpaired) electrons. The fraction of sp³-hybridized carbons (Fsp3) is 0.412. The third-order valence-electron chi connectivity index (χ3n) is 6.07. The number of amides is 2. The van der Waals surface area contributed by atoms with E-state index in [-0.39, 0.29) is 5.91 Å². The molecule has 224 valence electrons. The molecule has 0 unspecified atom stereocenters. The summed E-state index contributed by atoms with van der Waals surface area (Å²) in [6, 6.07) is 13.2. The Morgan fingerprint density at radius 1 is 1.07 bits per heavy atom. The minimum atomic E-state index is -0.143. The molecule has 5 nitrogen and oxygen atoms in total. The van der Waals surface area contributed by atoms with Crippen LogP contribution in [0.25, 0.3) is 0 Å². The minimum absolute atomic E-state index is 0.143. The Morgan fingerprint density at radius 2 is 1.78 bits per heavy atom. The van der Waals surface area contributed by atoms with Crippen molar-refractivity contribution in [2.24, 2.45) is 0 Å². The van der Waals surface area contributed by atoms with Gasteiger partial charge in [0.1, 0.15) is 0 Å². The highest BCUT2D eigenvalue weighted by molar-refractivity contribution is 7.97. The number of carbonyl (C=O) groups excluding carboxylic acids is 2. The van der Waals surface area contributed by atoms with Crippen molar-refractivity contribution in [1.29, 1.82) is 0 Å². The molecule has 0 atom stereocenters. The van der Waals surface area contributed by atoms with E-state index in [4.69, 9.17) is 11.6 Å². The molecule has 2 aromatic carbocycles. The first-order valence-electron chi connectivity index (χ1n) is 14.1. The zero-order valence-corrected chi connectivity index (χ0v) is 27.2. The summed E-state index contributed by atoms with van der Waals surface area (Å²) in [5, 5.41) is 6.39. The molecular weight excluding hydrogens is 550 g/mol. The van der Waals surface area contributed by atoms with E-state index >= 15 is 0 Å². The predicted molar refractivity (Wildman–Crippen MR) is 182 cm³/mol. The van der Waals surface area contributed by atoms with Crippen molar-refractivity contribution in [3.05, 3.63) is 81.9 Å². The standard InChI is InChI=1S/C21H29N3O2S.C7H7Cl.C4H10.C2H2/c1-4-19(16(2)10-12-24-11-6-5-7-13-27-24)21(26)23-18-9-8-17(3)20(14-18)22-15-25;1-6-3-2-4-7(8)5-6;1-3-4-2;1-2/h4,8-10,14-15H,5-7,11-13H2,1-3H3,(H,22,25)(H,23,26);2-5H,1H3;3-4H2,1-2H3;1-2H/b16-10-,19-4+;;;. The van der Waals surface area contributed by atoms with Gasteiger partial charge in [-0.15, -0.1) is 12.8 Å².